The molecule has 0 aliphatic heterocycles. The Balaban J connectivity index is 2.62. The molecule has 0 bridgehead atoms. The van der Waals surface area contributed by atoms with Crippen LogP contribution < -0.4 is 0 Å². The maximum Gasteiger partial charge on any atom is 0.120 e. The molecule has 1 N–H and O–H groups in total. The molecule has 0 fully saturated rings. The van der Waals surface area contributed by atoms with Crippen molar-refractivity contribution in [2.24, 2.45) is 5.92 Å². The van der Waals surface area contributed by atoms with E-state index < -0.39 is 0 Å². The van der Waals surface area contributed by atoms with E-state index in [9.17, 15) is 5.11 Å². The molecule has 0 radical (unpaired) electrons. The van der Waals surface area contributed by atoms with Crippen molar-refractivity contribution in [3.63, 3.8) is 0 Å². The molecule has 0 aromatic heterocycles. The van der Waals surface area contributed by atoms with Gasteiger partial charge in [0.15, 0.2) is 0 Å². The average Bonchev–Trinajstić information content (AvgIpc) is 1.94. The Morgan fingerprint density at radius 2 is 2.30 bits per heavy atom. The molecule has 1 aliphatic rings. The van der Waals surface area contributed by atoms with E-state index in [1.54, 1.807) is 7.11 Å². The van der Waals surface area contributed by atoms with Crippen LogP contribution >= 0.6 is 0 Å². The van der Waals surface area contributed by atoms with Crippen molar-refractivity contribution in [3.05, 3.63) is 11.8 Å². The summed E-state index contributed by atoms with van der Waals surface area (Å²) in [5.41, 5.74) is 0. The number of rotatable bonds is 1. The molecule has 0 amide bonds. The molecular formula is C8H14O2. The number of allylic oxidation sites excluding steroid dienone is 1. The van der Waals surface area contributed by atoms with Gasteiger partial charge in [-0.2, -0.15) is 0 Å². The van der Waals surface area contributed by atoms with Crippen LogP contribution in [-0.4, -0.2) is 18.3 Å². The Hall–Kier alpha value is -0.500. The molecule has 10 heavy (non-hydrogen) atoms. The van der Waals surface area contributed by atoms with Gasteiger partial charge in [-0.05, 0) is 24.8 Å². The Morgan fingerprint density at radius 3 is 2.80 bits per heavy atom. The summed E-state index contributed by atoms with van der Waals surface area (Å²) >= 11 is 0. The molecule has 0 spiro atoms. The molecule has 2 nitrogen and oxygen atoms in total. The number of methoxy groups -OCH3 is 1. The van der Waals surface area contributed by atoms with Crippen LogP contribution in [0.15, 0.2) is 11.8 Å². The highest BCUT2D eigenvalue weighted by atomic mass is 16.5. The van der Waals surface area contributed by atoms with E-state index in [4.69, 9.17) is 4.74 Å². The van der Waals surface area contributed by atoms with E-state index in [0.29, 0.717) is 5.92 Å². The molecular weight excluding hydrogens is 128 g/mol. The maximum absolute atomic E-state index is 9.29. The summed E-state index contributed by atoms with van der Waals surface area (Å²) in [6.07, 6.45) is 3.53. The van der Waals surface area contributed by atoms with Gasteiger partial charge in [-0.3, -0.25) is 0 Å². The van der Waals surface area contributed by atoms with Crippen LogP contribution in [0.5, 0.6) is 0 Å². The van der Waals surface area contributed by atoms with Gasteiger partial charge >= 0.3 is 0 Å². The number of hydrogen-bond donors (Lipinski definition) is 1. The molecule has 0 aromatic rings. The minimum Gasteiger partial charge on any atom is -0.499 e. The third-order valence-corrected chi connectivity index (χ3v) is 1.91. The van der Waals surface area contributed by atoms with Gasteiger partial charge in [0.25, 0.3) is 0 Å². The van der Waals surface area contributed by atoms with E-state index >= 15 is 0 Å². The van der Waals surface area contributed by atoms with Crippen molar-refractivity contribution in [3.8, 4) is 0 Å². The van der Waals surface area contributed by atoms with Crippen LogP contribution in [-0.2, 0) is 4.74 Å². The summed E-state index contributed by atoms with van der Waals surface area (Å²) in [5, 5.41) is 9.29. The normalized spacial score (nSPS) is 33.3. The predicted molar refractivity (Wildman–Crippen MR) is 39.5 cm³/mol. The summed E-state index contributed by atoms with van der Waals surface area (Å²) in [5.74, 6) is 1.29. The van der Waals surface area contributed by atoms with Gasteiger partial charge in [-0.25, -0.2) is 0 Å². The second kappa shape index (κ2) is 3.06. The standard InChI is InChI=1S/C8H14O2/c1-6-3-4-7(9)8(5-6)10-2/h5-7,9H,3-4H2,1-2H3. The van der Waals surface area contributed by atoms with E-state index in [-0.39, 0.29) is 6.10 Å². The Labute approximate surface area is 61.5 Å². The van der Waals surface area contributed by atoms with Crippen molar-refractivity contribution in [2.75, 3.05) is 7.11 Å². The van der Waals surface area contributed by atoms with Gasteiger partial charge in [0.05, 0.1) is 7.11 Å². The van der Waals surface area contributed by atoms with Crippen LogP contribution in [0.3, 0.4) is 0 Å². The second-order valence-corrected chi connectivity index (χ2v) is 2.84. The molecule has 1 aliphatic carbocycles. The largest absolute Gasteiger partial charge is 0.499 e. The fourth-order valence-corrected chi connectivity index (χ4v) is 1.24. The lowest BCUT2D eigenvalue weighted by Crippen LogP contribution is -2.18. The molecule has 2 heteroatoms. The van der Waals surface area contributed by atoms with E-state index in [1.165, 1.54) is 0 Å². The van der Waals surface area contributed by atoms with Crippen molar-refractivity contribution < 1.29 is 9.84 Å². The molecule has 2 atom stereocenters. The molecule has 0 aromatic carbocycles. The lowest BCUT2D eigenvalue weighted by atomic mass is 9.94. The van der Waals surface area contributed by atoms with Crippen LogP contribution in [0, 0.1) is 5.92 Å². The van der Waals surface area contributed by atoms with Crippen LogP contribution in [0.1, 0.15) is 19.8 Å². The number of ether oxygens (including phenoxy) is 1. The summed E-state index contributed by atoms with van der Waals surface area (Å²) in [6, 6.07) is 0. The topological polar surface area (TPSA) is 29.5 Å². The summed E-state index contributed by atoms with van der Waals surface area (Å²) < 4.78 is 4.98. The summed E-state index contributed by atoms with van der Waals surface area (Å²) in [6.45, 7) is 2.13. The number of aliphatic hydroxyl groups excluding tert-OH is 1. The number of aliphatic hydroxyl groups is 1. The lowest BCUT2D eigenvalue weighted by molar-refractivity contribution is 0.105. The second-order valence-electron chi connectivity index (χ2n) is 2.84. The lowest BCUT2D eigenvalue weighted by Gasteiger charge is -2.21. The molecule has 1 rings (SSSR count). The van der Waals surface area contributed by atoms with Crippen LogP contribution in [0.4, 0.5) is 0 Å². The highest BCUT2D eigenvalue weighted by Gasteiger charge is 2.18. The zero-order chi connectivity index (χ0) is 7.56. The molecule has 58 valence electrons. The maximum atomic E-state index is 9.29. The highest BCUT2D eigenvalue weighted by Crippen LogP contribution is 2.22. The Morgan fingerprint density at radius 1 is 1.60 bits per heavy atom. The van der Waals surface area contributed by atoms with Gasteiger partial charge in [-0.15, -0.1) is 0 Å². The first-order valence-electron chi connectivity index (χ1n) is 3.68. The van der Waals surface area contributed by atoms with Crippen molar-refractivity contribution in [1.29, 1.82) is 0 Å². The van der Waals surface area contributed by atoms with Crippen molar-refractivity contribution >= 4 is 0 Å². The predicted octanol–water partition coefficient (Wildman–Crippen LogP) is 1.31. The summed E-state index contributed by atoms with van der Waals surface area (Å²) in [7, 11) is 1.60. The van der Waals surface area contributed by atoms with Crippen LogP contribution in [0.2, 0.25) is 0 Å². The molecule has 0 heterocycles. The number of hydrogen-bond acceptors (Lipinski definition) is 2. The van der Waals surface area contributed by atoms with Crippen molar-refractivity contribution in [1.82, 2.24) is 0 Å². The fraction of sp³-hybridized carbons (Fsp3) is 0.750. The van der Waals surface area contributed by atoms with E-state index in [0.717, 1.165) is 18.6 Å². The zero-order valence-electron chi connectivity index (χ0n) is 6.50. The SMILES string of the molecule is COC1=CC(C)CCC1O. The summed E-state index contributed by atoms with van der Waals surface area (Å²) in [4.78, 5) is 0. The van der Waals surface area contributed by atoms with Gasteiger partial charge in [0, 0.05) is 0 Å². The quantitative estimate of drug-likeness (QED) is 0.598. The van der Waals surface area contributed by atoms with Gasteiger partial charge in [-0.1, -0.05) is 6.92 Å². The minimum absolute atomic E-state index is 0.360. The monoisotopic (exact) mass is 142 g/mol. The third-order valence-electron chi connectivity index (χ3n) is 1.91. The molecule has 2 unspecified atom stereocenters. The highest BCUT2D eigenvalue weighted by molar-refractivity contribution is 5.05. The first-order chi connectivity index (χ1) is 4.74. The van der Waals surface area contributed by atoms with E-state index in [1.807, 2.05) is 6.08 Å². The van der Waals surface area contributed by atoms with Crippen molar-refractivity contribution in [2.45, 2.75) is 25.9 Å². The molecule has 0 saturated carbocycles. The smallest absolute Gasteiger partial charge is 0.120 e. The molecule has 0 saturated heterocycles. The van der Waals surface area contributed by atoms with Crippen LogP contribution in [0.25, 0.3) is 0 Å². The van der Waals surface area contributed by atoms with Gasteiger partial charge in [0.1, 0.15) is 11.9 Å². The zero-order valence-corrected chi connectivity index (χ0v) is 6.50. The van der Waals surface area contributed by atoms with E-state index in [2.05, 4.69) is 6.92 Å². The Kier molecular flexibility index (Phi) is 2.33. The first-order valence-corrected chi connectivity index (χ1v) is 3.68. The van der Waals surface area contributed by atoms with Gasteiger partial charge < -0.3 is 9.84 Å². The fourth-order valence-electron chi connectivity index (χ4n) is 1.24. The average molecular weight is 142 g/mol. The first kappa shape index (κ1) is 7.61. The van der Waals surface area contributed by atoms with Gasteiger partial charge in [0.2, 0.25) is 0 Å². The minimum atomic E-state index is -0.360. The third kappa shape index (κ3) is 1.51. The Bertz CT molecular complexity index is 140.